The quantitative estimate of drug-likeness (QED) is 0.574. The van der Waals surface area contributed by atoms with E-state index in [9.17, 15) is 4.79 Å². The first-order valence-electron chi connectivity index (χ1n) is 6.07. The Hall–Kier alpha value is -0.773. The molecular weight excluding hydrogens is 232 g/mol. The zero-order valence-electron chi connectivity index (χ0n) is 11.7. The molecule has 0 aromatic rings. The van der Waals surface area contributed by atoms with Crippen molar-refractivity contribution in [2.45, 2.75) is 53.3 Å². The van der Waals surface area contributed by atoms with Crippen LogP contribution in [0.5, 0.6) is 0 Å². The highest BCUT2D eigenvalue weighted by atomic mass is 28.3. The lowest BCUT2D eigenvalue weighted by Crippen LogP contribution is -2.25. The van der Waals surface area contributed by atoms with Gasteiger partial charge in [-0.15, -0.1) is 0 Å². The summed E-state index contributed by atoms with van der Waals surface area (Å²) in [5.41, 5.74) is 0.137. The van der Waals surface area contributed by atoms with Crippen molar-refractivity contribution in [1.29, 1.82) is 0 Å². The molecule has 3 nitrogen and oxygen atoms in total. The zero-order valence-corrected chi connectivity index (χ0v) is 12.7. The Morgan fingerprint density at radius 2 is 2.00 bits per heavy atom. The Morgan fingerprint density at radius 1 is 1.41 bits per heavy atom. The monoisotopic (exact) mass is 255 g/mol. The lowest BCUT2D eigenvalue weighted by Gasteiger charge is -2.30. The van der Waals surface area contributed by atoms with Gasteiger partial charge in [0.2, 0.25) is 0 Å². The predicted octanol–water partition coefficient (Wildman–Crippen LogP) is 3.14. The fraction of sp³-hybridized carbons (Fsp3) is 0.769. The molecule has 17 heavy (non-hydrogen) atoms. The summed E-state index contributed by atoms with van der Waals surface area (Å²) in [5, 5.41) is 0. The topological polar surface area (TPSA) is 35.5 Å². The first kappa shape index (κ1) is 14.3. The third-order valence-corrected chi connectivity index (χ3v) is 3.49. The predicted molar refractivity (Wildman–Crippen MR) is 69.8 cm³/mol. The molecule has 0 fully saturated rings. The van der Waals surface area contributed by atoms with Gasteiger partial charge in [0.05, 0.1) is 5.76 Å². The normalized spacial score (nSPS) is 24.8. The highest BCUT2D eigenvalue weighted by Crippen LogP contribution is 2.41. The number of rotatable bonds is 3. The minimum Gasteiger partial charge on any atom is -0.545 e. The van der Waals surface area contributed by atoms with Crippen LogP contribution >= 0.6 is 0 Å². The Bertz CT molecular complexity index is 315. The maximum Gasteiger partial charge on any atom is 0.303 e. The van der Waals surface area contributed by atoms with Crippen LogP contribution in [-0.4, -0.2) is 21.1 Å². The minimum atomic E-state index is -0.770. The van der Waals surface area contributed by atoms with Gasteiger partial charge in [-0.25, -0.2) is 0 Å². The van der Waals surface area contributed by atoms with E-state index in [2.05, 4.69) is 33.9 Å². The molecule has 0 aromatic heterocycles. The molecule has 0 N–H and O–H groups in total. The zero-order chi connectivity index (χ0) is 13.2. The summed E-state index contributed by atoms with van der Waals surface area (Å²) in [5.74, 6) is 1.13. The standard InChI is InChI=1S/C13H23O3Si/c1-9(14)15-10-7-11(13(2,3)4)12(8-10)16-17(5)6/h8,10-11H,7H2,1-6H3. The highest BCUT2D eigenvalue weighted by Gasteiger charge is 2.37. The van der Waals surface area contributed by atoms with Crippen LogP contribution in [-0.2, 0) is 14.0 Å². The van der Waals surface area contributed by atoms with E-state index in [1.165, 1.54) is 6.92 Å². The van der Waals surface area contributed by atoms with Gasteiger partial charge in [0, 0.05) is 12.8 Å². The molecule has 2 unspecified atom stereocenters. The van der Waals surface area contributed by atoms with Crippen molar-refractivity contribution < 1.29 is 14.0 Å². The van der Waals surface area contributed by atoms with Gasteiger partial charge in [-0.3, -0.25) is 4.79 Å². The van der Waals surface area contributed by atoms with Crippen LogP contribution in [0, 0.1) is 11.3 Å². The molecule has 0 saturated heterocycles. The van der Waals surface area contributed by atoms with Crippen molar-refractivity contribution in [3.8, 4) is 0 Å². The second-order valence-corrected chi connectivity index (χ2v) is 7.90. The SMILES string of the molecule is CC(=O)OC1C=C(O[Si](C)C)C(C(C)(C)C)C1. The molecule has 0 bridgehead atoms. The lowest BCUT2D eigenvalue weighted by molar-refractivity contribution is -0.144. The number of esters is 1. The molecule has 0 amide bonds. The van der Waals surface area contributed by atoms with Crippen LogP contribution < -0.4 is 0 Å². The summed E-state index contributed by atoms with van der Waals surface area (Å²) in [4.78, 5) is 11.0. The molecule has 0 spiro atoms. The highest BCUT2D eigenvalue weighted by molar-refractivity contribution is 6.48. The summed E-state index contributed by atoms with van der Waals surface area (Å²) in [6, 6.07) is 0. The molecule has 1 rings (SSSR count). The number of allylic oxidation sites excluding steroid dienone is 1. The summed E-state index contributed by atoms with van der Waals surface area (Å²) in [6.07, 6.45) is 2.70. The van der Waals surface area contributed by atoms with Crippen LogP contribution in [0.4, 0.5) is 0 Å². The van der Waals surface area contributed by atoms with Crippen molar-refractivity contribution >= 4 is 15.0 Å². The van der Waals surface area contributed by atoms with E-state index in [-0.39, 0.29) is 17.5 Å². The number of hydrogen-bond donors (Lipinski definition) is 0. The van der Waals surface area contributed by atoms with Crippen molar-refractivity contribution in [2.24, 2.45) is 11.3 Å². The number of carbonyl (C=O) groups is 1. The Labute approximate surface area is 106 Å². The molecule has 97 valence electrons. The van der Waals surface area contributed by atoms with E-state index >= 15 is 0 Å². The van der Waals surface area contributed by atoms with E-state index in [1.807, 2.05) is 6.08 Å². The van der Waals surface area contributed by atoms with Gasteiger partial charge >= 0.3 is 5.97 Å². The second kappa shape index (κ2) is 5.25. The third-order valence-electron chi connectivity index (χ3n) is 2.85. The van der Waals surface area contributed by atoms with Crippen LogP contribution in [0.25, 0.3) is 0 Å². The first-order valence-corrected chi connectivity index (χ1v) is 8.48. The summed E-state index contributed by atoms with van der Waals surface area (Å²) >= 11 is 0. The average molecular weight is 255 g/mol. The largest absolute Gasteiger partial charge is 0.545 e. The van der Waals surface area contributed by atoms with Crippen molar-refractivity contribution in [3.63, 3.8) is 0 Å². The number of ether oxygens (including phenoxy) is 1. The van der Waals surface area contributed by atoms with Gasteiger partial charge in [-0.2, -0.15) is 0 Å². The van der Waals surface area contributed by atoms with Gasteiger partial charge in [-0.1, -0.05) is 20.8 Å². The molecule has 0 aromatic carbocycles. The van der Waals surface area contributed by atoms with E-state index in [0.717, 1.165) is 12.2 Å². The van der Waals surface area contributed by atoms with E-state index in [4.69, 9.17) is 9.16 Å². The lowest BCUT2D eigenvalue weighted by atomic mass is 9.79. The van der Waals surface area contributed by atoms with E-state index in [1.54, 1.807) is 0 Å². The molecule has 4 heteroatoms. The summed E-state index contributed by atoms with van der Waals surface area (Å²) < 4.78 is 11.2. The maximum absolute atomic E-state index is 11.0. The smallest absolute Gasteiger partial charge is 0.303 e. The molecule has 1 aliphatic rings. The minimum absolute atomic E-state index is 0.118. The number of carbonyl (C=O) groups excluding carboxylic acids is 1. The van der Waals surface area contributed by atoms with Crippen LogP contribution in [0.1, 0.15) is 34.1 Å². The van der Waals surface area contributed by atoms with Crippen molar-refractivity contribution in [3.05, 3.63) is 11.8 Å². The molecule has 1 radical (unpaired) electrons. The van der Waals surface area contributed by atoms with Gasteiger partial charge in [0.15, 0.2) is 0 Å². The fourth-order valence-corrected chi connectivity index (χ4v) is 2.81. The number of hydrogen-bond acceptors (Lipinski definition) is 3. The molecule has 0 saturated carbocycles. The molecule has 2 atom stereocenters. The summed E-state index contributed by atoms with van der Waals surface area (Å²) in [6.45, 7) is 12.3. The third kappa shape index (κ3) is 4.19. The van der Waals surface area contributed by atoms with Gasteiger partial charge in [-0.05, 0) is 31.0 Å². The van der Waals surface area contributed by atoms with E-state index in [0.29, 0.717) is 5.92 Å². The second-order valence-electron chi connectivity index (χ2n) is 5.88. The summed E-state index contributed by atoms with van der Waals surface area (Å²) in [7, 11) is -0.770. The Balaban J connectivity index is 2.80. The van der Waals surface area contributed by atoms with Crippen LogP contribution in [0.15, 0.2) is 11.8 Å². The van der Waals surface area contributed by atoms with Gasteiger partial charge in [0.1, 0.15) is 6.10 Å². The van der Waals surface area contributed by atoms with Crippen molar-refractivity contribution in [2.75, 3.05) is 0 Å². The van der Waals surface area contributed by atoms with Crippen LogP contribution in [0.2, 0.25) is 13.1 Å². The van der Waals surface area contributed by atoms with Crippen molar-refractivity contribution in [1.82, 2.24) is 0 Å². The molecule has 0 heterocycles. The molecular formula is C13H23O3Si. The molecule has 0 aliphatic heterocycles. The van der Waals surface area contributed by atoms with Gasteiger partial charge in [0.25, 0.3) is 9.04 Å². The fourth-order valence-electron chi connectivity index (χ4n) is 2.13. The maximum atomic E-state index is 11.0. The molecule has 1 aliphatic carbocycles. The van der Waals surface area contributed by atoms with Crippen LogP contribution in [0.3, 0.4) is 0 Å². The van der Waals surface area contributed by atoms with E-state index < -0.39 is 9.04 Å². The Kier molecular flexibility index (Phi) is 4.41. The first-order chi connectivity index (χ1) is 7.70. The van der Waals surface area contributed by atoms with Gasteiger partial charge < -0.3 is 9.16 Å². The average Bonchev–Trinajstić information content (AvgIpc) is 2.44. The Morgan fingerprint density at radius 3 is 2.41 bits per heavy atom.